The van der Waals surface area contributed by atoms with Crippen molar-refractivity contribution in [2.45, 2.75) is 23.8 Å². The van der Waals surface area contributed by atoms with Crippen molar-refractivity contribution >= 4 is 37.4 Å². The summed E-state index contributed by atoms with van der Waals surface area (Å²) in [4.78, 5) is 13.6. The van der Waals surface area contributed by atoms with Crippen molar-refractivity contribution in [1.29, 1.82) is 0 Å². The highest BCUT2D eigenvalue weighted by Gasteiger charge is 2.48. The predicted octanol–water partition coefficient (Wildman–Crippen LogP) is 4.93. The molecule has 1 aliphatic heterocycles. The zero-order valence-electron chi connectivity index (χ0n) is 16.1. The molecule has 0 amide bonds. The molecule has 30 heavy (non-hydrogen) atoms. The Morgan fingerprint density at radius 3 is 2.27 bits per heavy atom. The van der Waals surface area contributed by atoms with E-state index in [9.17, 15) is 13.2 Å². The van der Waals surface area contributed by atoms with Gasteiger partial charge in [0.05, 0.1) is 16.5 Å². The molecule has 150 valence electrons. The number of Topliss-reactive ketones (excluding diaryl/α,β-unsaturated/α-hetero) is 1. The highest BCUT2D eigenvalue weighted by Crippen LogP contribution is 2.44. The van der Waals surface area contributed by atoms with Gasteiger partial charge in [0.2, 0.25) is 0 Å². The van der Waals surface area contributed by atoms with Gasteiger partial charge >= 0.3 is 0 Å². The summed E-state index contributed by atoms with van der Waals surface area (Å²) in [5, 5.41) is 0. The molecule has 0 spiro atoms. The number of benzene rings is 3. The summed E-state index contributed by atoms with van der Waals surface area (Å²) in [7, 11) is -4.01. The molecule has 0 saturated heterocycles. The maximum atomic E-state index is 13.7. The number of hydrogen-bond acceptors (Lipinski definition) is 3. The van der Waals surface area contributed by atoms with Crippen molar-refractivity contribution in [3.05, 3.63) is 94.0 Å². The third-order valence-electron chi connectivity index (χ3n) is 5.23. The van der Waals surface area contributed by atoms with Gasteiger partial charge in [-0.2, -0.15) is 0 Å². The lowest BCUT2D eigenvalue weighted by molar-refractivity contribution is 0.0962. The molecule has 3 aromatic carbocycles. The summed E-state index contributed by atoms with van der Waals surface area (Å²) in [5.74, 6) is 1.64. The normalized spacial score (nSPS) is 18.0. The molecule has 0 unspecified atom stereocenters. The lowest BCUT2D eigenvalue weighted by Crippen LogP contribution is -2.44. The minimum Gasteiger partial charge on any atom is -0.292 e. The number of halogens is 1. The summed E-state index contributed by atoms with van der Waals surface area (Å²) in [6.07, 6.45) is 5.81. The maximum absolute atomic E-state index is 13.7. The van der Waals surface area contributed by atoms with E-state index in [1.54, 1.807) is 72.8 Å². The van der Waals surface area contributed by atoms with Gasteiger partial charge in [0.15, 0.2) is 5.78 Å². The predicted molar refractivity (Wildman–Crippen MR) is 121 cm³/mol. The molecular weight excluding hydrogens is 462 g/mol. The number of ketones is 1. The van der Waals surface area contributed by atoms with Gasteiger partial charge in [0.1, 0.15) is 6.04 Å². The molecule has 0 aliphatic carbocycles. The molecule has 0 radical (unpaired) electrons. The Bertz CT molecular complexity index is 1260. The van der Waals surface area contributed by atoms with Crippen LogP contribution >= 0.6 is 15.9 Å². The van der Waals surface area contributed by atoms with Gasteiger partial charge in [-0.25, -0.2) is 8.42 Å². The average Bonchev–Trinajstić information content (AvgIpc) is 3.09. The first-order chi connectivity index (χ1) is 14.3. The first kappa shape index (κ1) is 20.4. The second kappa shape index (κ2) is 7.75. The molecule has 4 nitrogen and oxygen atoms in total. The number of carbonyl (C=O) groups is 1. The van der Waals surface area contributed by atoms with Crippen molar-refractivity contribution in [3.63, 3.8) is 0 Å². The number of fused-ring (bicyclic) bond motifs is 1. The van der Waals surface area contributed by atoms with E-state index in [-0.39, 0.29) is 10.7 Å². The Labute approximate surface area is 184 Å². The van der Waals surface area contributed by atoms with Gasteiger partial charge in [-0.15, -0.1) is 6.42 Å². The van der Waals surface area contributed by atoms with Crippen molar-refractivity contribution in [1.82, 2.24) is 0 Å². The monoisotopic (exact) mass is 479 g/mol. The molecule has 4 rings (SSSR count). The fraction of sp³-hybridized carbons (Fsp3) is 0.125. The maximum Gasteiger partial charge on any atom is 0.265 e. The average molecular weight is 480 g/mol. The van der Waals surface area contributed by atoms with E-state index in [0.29, 0.717) is 16.8 Å². The molecule has 3 aromatic rings. The molecule has 0 saturated carbocycles. The molecule has 0 aromatic heterocycles. The lowest BCUT2D eigenvalue weighted by Gasteiger charge is -2.27. The van der Waals surface area contributed by atoms with Gasteiger partial charge in [0, 0.05) is 10.0 Å². The molecule has 2 atom stereocenters. The minimum atomic E-state index is -4.01. The molecule has 0 bridgehead atoms. The molecule has 1 aliphatic rings. The van der Waals surface area contributed by atoms with E-state index in [1.807, 2.05) is 6.92 Å². The van der Waals surface area contributed by atoms with E-state index >= 15 is 0 Å². The van der Waals surface area contributed by atoms with Gasteiger partial charge in [-0.05, 0) is 42.8 Å². The first-order valence-corrected chi connectivity index (χ1v) is 11.5. The third kappa shape index (κ3) is 3.34. The zero-order valence-corrected chi connectivity index (χ0v) is 18.5. The topological polar surface area (TPSA) is 54.5 Å². The van der Waals surface area contributed by atoms with Crippen molar-refractivity contribution in [2.75, 3.05) is 4.31 Å². The summed E-state index contributed by atoms with van der Waals surface area (Å²) < 4.78 is 29.4. The molecule has 1 heterocycles. The smallest absolute Gasteiger partial charge is 0.265 e. The van der Waals surface area contributed by atoms with Crippen LogP contribution in [0.2, 0.25) is 0 Å². The summed E-state index contributed by atoms with van der Waals surface area (Å²) in [6.45, 7) is 1.88. The number of nitrogens with zero attached hydrogens (tertiary/aromatic N) is 1. The van der Waals surface area contributed by atoms with Gasteiger partial charge in [-0.3, -0.25) is 9.10 Å². The van der Waals surface area contributed by atoms with E-state index in [4.69, 9.17) is 6.42 Å². The van der Waals surface area contributed by atoms with Crippen LogP contribution in [0.4, 0.5) is 5.69 Å². The van der Waals surface area contributed by atoms with E-state index in [1.165, 1.54) is 4.31 Å². The number of anilines is 1. The van der Waals surface area contributed by atoms with Crippen molar-refractivity contribution < 1.29 is 13.2 Å². The Balaban J connectivity index is 1.90. The zero-order chi connectivity index (χ0) is 21.5. The Hall–Kier alpha value is -2.88. The number of carbonyl (C=O) groups excluding carboxylic acids is 1. The fourth-order valence-electron chi connectivity index (χ4n) is 3.73. The summed E-state index contributed by atoms with van der Waals surface area (Å²) in [5.41, 5.74) is 2.45. The molecule has 0 N–H and O–H groups in total. The SMILES string of the molecule is C#C[C@H]1c2ccccc2N(S(=O)(=O)c2ccc(C)cc2)[C@@H]1C(=O)c1ccc(Br)cc1. The quantitative estimate of drug-likeness (QED) is 0.393. The van der Waals surface area contributed by atoms with Crippen LogP contribution in [-0.2, 0) is 10.0 Å². The van der Waals surface area contributed by atoms with E-state index < -0.39 is 22.0 Å². The van der Waals surface area contributed by atoms with Crippen LogP contribution < -0.4 is 4.31 Å². The highest BCUT2D eigenvalue weighted by molar-refractivity contribution is 9.10. The first-order valence-electron chi connectivity index (χ1n) is 9.30. The van der Waals surface area contributed by atoms with E-state index in [2.05, 4.69) is 21.9 Å². The van der Waals surface area contributed by atoms with Crippen LogP contribution in [0.1, 0.15) is 27.4 Å². The number of terminal acetylenes is 1. The second-order valence-corrected chi connectivity index (χ2v) is 9.86. The standard InChI is InChI=1S/C24H18BrNO3S/c1-3-20-21-6-4-5-7-22(21)26(30(28,29)19-14-8-16(2)9-15-19)23(20)24(27)17-10-12-18(25)13-11-17/h1,4-15,20,23H,2H3/t20-,23-/m0/s1. The number of hydrogen-bond donors (Lipinski definition) is 0. The van der Waals surface area contributed by atoms with Crippen LogP contribution in [0.3, 0.4) is 0 Å². The van der Waals surface area contributed by atoms with Gasteiger partial charge < -0.3 is 0 Å². The van der Waals surface area contributed by atoms with Crippen LogP contribution in [0, 0.1) is 19.3 Å². The molecule has 0 fully saturated rings. The van der Waals surface area contributed by atoms with Gasteiger partial charge in [0.25, 0.3) is 10.0 Å². The largest absolute Gasteiger partial charge is 0.292 e. The number of rotatable bonds is 4. The minimum absolute atomic E-state index is 0.120. The van der Waals surface area contributed by atoms with Crippen molar-refractivity contribution in [2.24, 2.45) is 0 Å². The second-order valence-electron chi connectivity index (χ2n) is 7.13. The van der Waals surface area contributed by atoms with E-state index in [0.717, 1.165) is 10.0 Å². The van der Waals surface area contributed by atoms with Crippen LogP contribution in [0.15, 0.2) is 82.2 Å². The molecular formula is C24H18BrNO3S. The van der Waals surface area contributed by atoms with Crippen LogP contribution in [0.25, 0.3) is 0 Å². The molecule has 6 heteroatoms. The number of sulfonamides is 1. The third-order valence-corrected chi connectivity index (χ3v) is 7.57. The highest BCUT2D eigenvalue weighted by atomic mass is 79.9. The van der Waals surface area contributed by atoms with Crippen LogP contribution in [0.5, 0.6) is 0 Å². The Morgan fingerprint density at radius 2 is 1.63 bits per heavy atom. The number of aryl methyl sites for hydroxylation is 1. The number of para-hydroxylation sites is 1. The Morgan fingerprint density at radius 1 is 1.00 bits per heavy atom. The summed E-state index contributed by atoms with van der Waals surface area (Å²) >= 11 is 3.36. The Kier molecular flexibility index (Phi) is 5.27. The van der Waals surface area contributed by atoms with Crippen LogP contribution in [-0.4, -0.2) is 20.2 Å². The fourth-order valence-corrected chi connectivity index (χ4v) is 5.65. The summed E-state index contributed by atoms with van der Waals surface area (Å²) in [6, 6.07) is 19.4. The van der Waals surface area contributed by atoms with Crippen molar-refractivity contribution in [3.8, 4) is 12.3 Å². The lowest BCUT2D eigenvalue weighted by atomic mass is 9.91. The van der Waals surface area contributed by atoms with Gasteiger partial charge in [-0.1, -0.05) is 69.9 Å².